The van der Waals surface area contributed by atoms with Crippen molar-refractivity contribution in [3.05, 3.63) is 200 Å². The number of pyridine rings is 2. The zero-order valence-corrected chi connectivity index (χ0v) is 31.2. The Morgan fingerprint density at radius 1 is 0.321 bits per heavy atom. The Morgan fingerprint density at radius 3 is 1.18 bits per heavy atom. The van der Waals surface area contributed by atoms with E-state index in [-0.39, 0.29) is 0 Å². The predicted molar refractivity (Wildman–Crippen MR) is 237 cm³/mol. The molecule has 11 aromatic rings. The molecule has 2 heterocycles. The Balaban J connectivity index is 1.20. The van der Waals surface area contributed by atoms with Gasteiger partial charge in [0.15, 0.2) is 7.14 Å². The lowest BCUT2D eigenvalue weighted by Gasteiger charge is -2.22. The number of rotatable bonds is 5. The van der Waals surface area contributed by atoms with Crippen LogP contribution < -0.4 is 15.9 Å². The molecule has 2 aromatic heterocycles. The maximum Gasteiger partial charge on any atom is 0.171 e. The van der Waals surface area contributed by atoms with Crippen LogP contribution in [-0.2, 0) is 4.57 Å². The second-order valence-electron chi connectivity index (χ2n) is 14.4. The Labute approximate surface area is 323 Å². The molecule has 3 nitrogen and oxygen atoms in total. The molecule has 0 atom stereocenters. The monoisotopic (exact) mass is 732 g/mol. The van der Waals surface area contributed by atoms with Gasteiger partial charge >= 0.3 is 0 Å². The van der Waals surface area contributed by atoms with Gasteiger partial charge in [0.05, 0.1) is 22.4 Å². The van der Waals surface area contributed by atoms with E-state index in [0.29, 0.717) is 0 Å². The zero-order chi connectivity index (χ0) is 37.2. The van der Waals surface area contributed by atoms with Crippen LogP contribution >= 0.6 is 7.14 Å². The molecule has 0 saturated carbocycles. The minimum Gasteiger partial charge on any atom is -0.309 e. The first-order valence-electron chi connectivity index (χ1n) is 18.9. The van der Waals surface area contributed by atoms with Crippen LogP contribution in [0, 0.1) is 0 Å². The summed E-state index contributed by atoms with van der Waals surface area (Å²) in [5, 5.41) is 13.5. The average molecular weight is 733 g/mol. The zero-order valence-electron chi connectivity index (χ0n) is 30.3. The van der Waals surface area contributed by atoms with Crippen molar-refractivity contribution in [2.75, 3.05) is 0 Å². The van der Waals surface area contributed by atoms with Gasteiger partial charge in [0.2, 0.25) is 0 Å². The fraction of sp³-hybridized carbons (Fsp3) is 0. The van der Waals surface area contributed by atoms with E-state index in [1.165, 1.54) is 21.5 Å². The van der Waals surface area contributed by atoms with Crippen LogP contribution in [0.25, 0.3) is 87.4 Å². The van der Waals surface area contributed by atoms with Crippen LogP contribution in [0.5, 0.6) is 0 Å². The minimum absolute atomic E-state index is 0.733. The van der Waals surface area contributed by atoms with Crippen molar-refractivity contribution >= 4 is 88.0 Å². The molecule has 0 aliphatic heterocycles. The van der Waals surface area contributed by atoms with Crippen LogP contribution in [0.15, 0.2) is 200 Å². The van der Waals surface area contributed by atoms with Gasteiger partial charge in [-0.2, -0.15) is 0 Å². The molecule has 0 spiro atoms. The lowest BCUT2D eigenvalue weighted by Crippen LogP contribution is -2.25. The first-order chi connectivity index (χ1) is 27.6. The molecule has 4 heteroatoms. The molecule has 0 bridgehead atoms. The molecule has 9 aromatic carbocycles. The molecule has 0 unspecified atom stereocenters. The van der Waals surface area contributed by atoms with Gasteiger partial charge in [0, 0.05) is 59.4 Å². The summed E-state index contributed by atoms with van der Waals surface area (Å²) < 4.78 is 16.3. The third-order valence-corrected chi connectivity index (χ3v) is 14.3. The number of nitrogens with zero attached hydrogens (tertiary/aromatic N) is 2. The number of fused-ring (bicyclic) bond motifs is 10. The number of benzene rings is 9. The Bertz CT molecular complexity index is 3180. The van der Waals surface area contributed by atoms with E-state index in [0.717, 1.165) is 81.8 Å². The van der Waals surface area contributed by atoms with Crippen molar-refractivity contribution in [2.45, 2.75) is 0 Å². The van der Waals surface area contributed by atoms with Crippen molar-refractivity contribution < 1.29 is 4.57 Å². The third kappa shape index (κ3) is 5.02. The first-order valence-corrected chi connectivity index (χ1v) is 20.6. The smallest absolute Gasteiger partial charge is 0.171 e. The highest BCUT2D eigenvalue weighted by molar-refractivity contribution is 7.85. The van der Waals surface area contributed by atoms with Gasteiger partial charge in [-0.1, -0.05) is 188 Å². The summed E-state index contributed by atoms with van der Waals surface area (Å²) in [6.45, 7) is 0. The van der Waals surface area contributed by atoms with Crippen LogP contribution in [0.1, 0.15) is 0 Å². The summed E-state index contributed by atoms with van der Waals surface area (Å²) in [5.41, 5.74) is 5.52. The summed E-state index contributed by atoms with van der Waals surface area (Å²) in [5.74, 6) is 0. The molecular weight excluding hydrogens is 700 g/mol. The molecule has 0 N–H and O–H groups in total. The van der Waals surface area contributed by atoms with Gasteiger partial charge in [0.1, 0.15) is 0 Å². The van der Waals surface area contributed by atoms with Gasteiger partial charge in [-0.25, -0.2) is 9.97 Å². The number of hydrogen-bond donors (Lipinski definition) is 0. The molecule has 262 valence electrons. The van der Waals surface area contributed by atoms with E-state index in [1.54, 1.807) is 0 Å². The molecule has 0 saturated heterocycles. The number of hydrogen-bond acceptors (Lipinski definition) is 3. The third-order valence-electron chi connectivity index (χ3n) is 11.3. The van der Waals surface area contributed by atoms with Crippen molar-refractivity contribution in [1.82, 2.24) is 9.97 Å². The van der Waals surface area contributed by atoms with Gasteiger partial charge in [0.25, 0.3) is 0 Å². The maximum atomic E-state index is 16.3. The standard InChI is InChI=1S/C52H33N2OP/c55-56(38-20-8-3-9-21-38,39-26-30-43-47(32-39)53-51(36-16-4-1-5-17-36)45-28-24-34-14-10-12-22-41(34)49(43)45)40-27-31-44-48(33-40)54-52(37-18-6-2-7-19-37)46-29-25-35-15-11-13-23-42(35)50(44)46/h1-33H. The van der Waals surface area contributed by atoms with E-state index in [1.807, 2.05) is 42.5 Å². The van der Waals surface area contributed by atoms with E-state index in [9.17, 15) is 0 Å². The fourth-order valence-electron chi connectivity index (χ4n) is 8.64. The summed E-state index contributed by atoms with van der Waals surface area (Å²) >= 11 is 0. The molecule has 0 aliphatic carbocycles. The van der Waals surface area contributed by atoms with Gasteiger partial charge in [-0.05, 0) is 33.7 Å². The second kappa shape index (κ2) is 12.8. The topological polar surface area (TPSA) is 42.9 Å². The molecule has 0 fully saturated rings. The molecular formula is C52H33N2OP. The highest BCUT2D eigenvalue weighted by Crippen LogP contribution is 2.46. The predicted octanol–water partition coefficient (Wildman–Crippen LogP) is 12.4. The lowest BCUT2D eigenvalue weighted by atomic mass is 9.95. The maximum absolute atomic E-state index is 16.3. The highest BCUT2D eigenvalue weighted by Gasteiger charge is 2.31. The summed E-state index contributed by atoms with van der Waals surface area (Å²) in [4.78, 5) is 10.7. The minimum atomic E-state index is -3.46. The van der Waals surface area contributed by atoms with E-state index >= 15 is 4.57 Å². The fourth-order valence-corrected chi connectivity index (χ4v) is 11.3. The Kier molecular flexibility index (Phi) is 7.45. The molecule has 0 aliphatic rings. The van der Waals surface area contributed by atoms with Crippen LogP contribution in [0.4, 0.5) is 0 Å². The van der Waals surface area contributed by atoms with E-state index in [2.05, 4.69) is 158 Å². The first kappa shape index (κ1) is 32.5. The van der Waals surface area contributed by atoms with Gasteiger partial charge in [-0.15, -0.1) is 0 Å². The second-order valence-corrected chi connectivity index (χ2v) is 17.2. The van der Waals surface area contributed by atoms with Crippen LogP contribution in [-0.4, -0.2) is 9.97 Å². The highest BCUT2D eigenvalue weighted by atomic mass is 31.2. The van der Waals surface area contributed by atoms with E-state index in [4.69, 9.17) is 9.97 Å². The van der Waals surface area contributed by atoms with Crippen LogP contribution in [0.2, 0.25) is 0 Å². The normalized spacial score (nSPS) is 12.0. The Morgan fingerprint density at radius 2 is 0.714 bits per heavy atom. The summed E-state index contributed by atoms with van der Waals surface area (Å²) in [7, 11) is -3.46. The van der Waals surface area contributed by atoms with Crippen molar-refractivity contribution in [1.29, 1.82) is 0 Å². The van der Waals surface area contributed by atoms with Crippen molar-refractivity contribution in [3.63, 3.8) is 0 Å². The van der Waals surface area contributed by atoms with Crippen molar-refractivity contribution in [2.24, 2.45) is 0 Å². The van der Waals surface area contributed by atoms with E-state index < -0.39 is 7.14 Å². The van der Waals surface area contributed by atoms with Gasteiger partial charge in [-0.3, -0.25) is 0 Å². The molecule has 56 heavy (non-hydrogen) atoms. The van der Waals surface area contributed by atoms with Crippen LogP contribution in [0.3, 0.4) is 0 Å². The summed E-state index contributed by atoms with van der Waals surface area (Å²) in [6.07, 6.45) is 0. The molecule has 0 amide bonds. The molecule has 0 radical (unpaired) electrons. The van der Waals surface area contributed by atoms with Gasteiger partial charge < -0.3 is 4.57 Å². The summed E-state index contributed by atoms with van der Waals surface area (Å²) in [6, 6.07) is 68.9. The largest absolute Gasteiger partial charge is 0.309 e. The Hall–Kier alpha value is -6.93. The number of aromatic nitrogens is 2. The lowest BCUT2D eigenvalue weighted by molar-refractivity contribution is 0.592. The quantitative estimate of drug-likeness (QED) is 0.131. The average Bonchev–Trinajstić information content (AvgIpc) is 3.28. The SMILES string of the molecule is O=P(c1ccccc1)(c1ccc2c(c1)nc(-c1ccccc1)c1ccc3ccccc3c12)c1ccc2c(c1)nc(-c1ccccc1)c1ccc3ccccc3c12. The molecule has 11 rings (SSSR count). The van der Waals surface area contributed by atoms with Crippen molar-refractivity contribution in [3.8, 4) is 22.5 Å².